The van der Waals surface area contributed by atoms with Crippen LogP contribution in [0.4, 0.5) is 0 Å². The van der Waals surface area contributed by atoms with Gasteiger partial charge in [0, 0.05) is 18.9 Å². The van der Waals surface area contributed by atoms with E-state index < -0.39 is 25.7 Å². The highest BCUT2D eigenvalue weighted by molar-refractivity contribution is 7.90. The molecule has 0 aliphatic rings. The van der Waals surface area contributed by atoms with E-state index in [0.717, 1.165) is 22.1 Å². The van der Waals surface area contributed by atoms with Gasteiger partial charge in [0.1, 0.15) is 10.5 Å². The molecule has 2 aromatic carbocycles. The molecular weight excluding hydrogens is 476 g/mol. The average Bonchev–Trinajstić information content (AvgIpc) is 3.12. The summed E-state index contributed by atoms with van der Waals surface area (Å²) in [4.78, 5) is 13.6. The Morgan fingerprint density at radius 2 is 1.56 bits per heavy atom. The standard InChI is InChI=1S/C24H26N2O6S2/c1-15(2)16(3)22-17(4)19(12-13-21(22)33(6,28)29)23(27)20-14-25-26(5)24(20)32-34(30,31)18-10-8-7-9-11-18/h7-14H,1-6H3. The number of benzene rings is 2. The highest BCUT2D eigenvalue weighted by Crippen LogP contribution is 2.33. The van der Waals surface area contributed by atoms with Crippen molar-refractivity contribution in [1.82, 2.24) is 9.78 Å². The molecule has 0 aliphatic heterocycles. The third-order valence-corrected chi connectivity index (χ3v) is 7.91. The number of ketones is 1. The minimum atomic E-state index is -4.21. The van der Waals surface area contributed by atoms with E-state index in [-0.39, 0.29) is 26.8 Å². The third kappa shape index (κ3) is 4.83. The third-order valence-electron chi connectivity index (χ3n) is 5.55. The highest BCUT2D eigenvalue weighted by atomic mass is 32.2. The number of hydrogen-bond acceptors (Lipinski definition) is 7. The Bertz CT molecular complexity index is 1510. The Kier molecular flexibility index (Phi) is 6.86. The SMILES string of the molecule is CC(C)=C(C)c1c(S(C)(=O)=O)ccc(C(=O)c2cnn(C)c2OS(=O)(=O)c2ccccc2)c1C. The summed E-state index contributed by atoms with van der Waals surface area (Å²) in [7, 11) is -6.32. The van der Waals surface area contributed by atoms with Crippen molar-refractivity contribution in [2.45, 2.75) is 37.5 Å². The van der Waals surface area contributed by atoms with Crippen molar-refractivity contribution >= 4 is 31.3 Å². The maximum absolute atomic E-state index is 13.5. The fraction of sp³-hybridized carbons (Fsp3) is 0.250. The number of nitrogens with zero attached hydrogens (tertiary/aromatic N) is 2. The molecule has 0 atom stereocenters. The summed E-state index contributed by atoms with van der Waals surface area (Å²) in [5.41, 5.74) is 2.72. The van der Waals surface area contributed by atoms with Gasteiger partial charge < -0.3 is 4.18 Å². The van der Waals surface area contributed by atoms with E-state index >= 15 is 0 Å². The van der Waals surface area contributed by atoms with E-state index in [4.69, 9.17) is 4.18 Å². The summed E-state index contributed by atoms with van der Waals surface area (Å²) in [5.74, 6) is -0.771. The number of carbonyl (C=O) groups is 1. The van der Waals surface area contributed by atoms with Crippen molar-refractivity contribution in [3.05, 3.63) is 76.5 Å². The van der Waals surface area contributed by atoms with Gasteiger partial charge in [-0.1, -0.05) is 23.8 Å². The van der Waals surface area contributed by atoms with Gasteiger partial charge in [-0.2, -0.15) is 13.5 Å². The quantitative estimate of drug-likeness (QED) is 0.355. The van der Waals surface area contributed by atoms with Crippen LogP contribution in [0.3, 0.4) is 0 Å². The lowest BCUT2D eigenvalue weighted by molar-refractivity contribution is 0.103. The molecule has 0 fully saturated rings. The summed E-state index contributed by atoms with van der Waals surface area (Å²) in [5, 5.41) is 4.01. The molecule has 34 heavy (non-hydrogen) atoms. The summed E-state index contributed by atoms with van der Waals surface area (Å²) in [6.07, 6.45) is 2.35. The second kappa shape index (κ2) is 9.19. The van der Waals surface area contributed by atoms with Crippen molar-refractivity contribution in [3.63, 3.8) is 0 Å². The molecular formula is C24H26N2O6S2. The number of aryl methyl sites for hydroxylation is 1. The van der Waals surface area contributed by atoms with Crippen LogP contribution in [0.25, 0.3) is 5.57 Å². The van der Waals surface area contributed by atoms with Gasteiger partial charge in [0.25, 0.3) is 0 Å². The number of hydrogen-bond donors (Lipinski definition) is 0. The first kappa shape index (κ1) is 25.4. The van der Waals surface area contributed by atoms with Crippen molar-refractivity contribution in [3.8, 4) is 5.88 Å². The Labute approximate surface area is 199 Å². The number of sulfone groups is 1. The normalized spacial score (nSPS) is 11.8. The molecule has 1 heterocycles. The van der Waals surface area contributed by atoms with Crippen LogP contribution in [0, 0.1) is 6.92 Å². The molecule has 3 rings (SSSR count). The largest absolute Gasteiger partial charge is 0.358 e. The summed E-state index contributed by atoms with van der Waals surface area (Å²) >= 11 is 0. The highest BCUT2D eigenvalue weighted by Gasteiger charge is 2.28. The summed E-state index contributed by atoms with van der Waals surface area (Å²) < 4.78 is 56.8. The van der Waals surface area contributed by atoms with Crippen LogP contribution in [0.15, 0.2) is 64.0 Å². The molecule has 180 valence electrons. The monoisotopic (exact) mass is 502 g/mol. The van der Waals surface area contributed by atoms with E-state index in [2.05, 4.69) is 5.10 Å². The molecule has 0 N–H and O–H groups in total. The number of aromatic nitrogens is 2. The number of allylic oxidation sites excluding steroid dienone is 2. The fourth-order valence-electron chi connectivity index (χ4n) is 3.52. The predicted octanol–water partition coefficient (Wildman–Crippen LogP) is 3.94. The van der Waals surface area contributed by atoms with Gasteiger partial charge in [-0.3, -0.25) is 4.79 Å². The lowest BCUT2D eigenvalue weighted by Crippen LogP contribution is -2.15. The van der Waals surface area contributed by atoms with Gasteiger partial charge in [-0.05, 0) is 68.7 Å². The zero-order chi connectivity index (χ0) is 25.4. The van der Waals surface area contributed by atoms with E-state index in [1.165, 1.54) is 37.5 Å². The second-order valence-corrected chi connectivity index (χ2v) is 11.7. The fourth-order valence-corrected chi connectivity index (χ4v) is 5.51. The molecule has 0 radical (unpaired) electrons. The van der Waals surface area contributed by atoms with Crippen LogP contribution in [-0.2, 0) is 27.0 Å². The smallest absolute Gasteiger partial charge is 0.340 e. The number of rotatable bonds is 7. The first-order chi connectivity index (χ1) is 15.8. The molecule has 0 bridgehead atoms. The molecule has 10 heteroatoms. The lowest BCUT2D eigenvalue weighted by atomic mass is 9.91. The lowest BCUT2D eigenvalue weighted by Gasteiger charge is -2.17. The zero-order valence-electron chi connectivity index (χ0n) is 19.8. The van der Waals surface area contributed by atoms with E-state index in [0.29, 0.717) is 11.1 Å². The Morgan fingerprint density at radius 3 is 2.12 bits per heavy atom. The van der Waals surface area contributed by atoms with Crippen LogP contribution in [0.5, 0.6) is 5.88 Å². The first-order valence-corrected chi connectivity index (χ1v) is 13.6. The molecule has 0 aliphatic carbocycles. The molecule has 0 unspecified atom stereocenters. The zero-order valence-corrected chi connectivity index (χ0v) is 21.4. The molecule has 0 saturated heterocycles. The van der Waals surface area contributed by atoms with Gasteiger partial charge >= 0.3 is 10.1 Å². The topological polar surface area (TPSA) is 112 Å². The number of carbonyl (C=O) groups excluding carboxylic acids is 1. The second-order valence-electron chi connectivity index (χ2n) is 8.18. The van der Waals surface area contributed by atoms with Gasteiger partial charge in [0.15, 0.2) is 15.6 Å². The van der Waals surface area contributed by atoms with Crippen LogP contribution in [-0.4, -0.2) is 38.7 Å². The van der Waals surface area contributed by atoms with Crippen LogP contribution >= 0.6 is 0 Å². The van der Waals surface area contributed by atoms with E-state index in [1.807, 2.05) is 13.8 Å². The maximum atomic E-state index is 13.5. The van der Waals surface area contributed by atoms with E-state index in [1.54, 1.807) is 32.0 Å². The molecule has 1 aromatic heterocycles. The Morgan fingerprint density at radius 1 is 0.941 bits per heavy atom. The van der Waals surface area contributed by atoms with Gasteiger partial charge in [0.2, 0.25) is 5.88 Å². The van der Waals surface area contributed by atoms with Crippen LogP contribution < -0.4 is 4.18 Å². The molecule has 3 aromatic rings. The Balaban J connectivity index is 2.16. The van der Waals surface area contributed by atoms with Crippen molar-refractivity contribution in [2.75, 3.05) is 6.26 Å². The molecule has 8 nitrogen and oxygen atoms in total. The van der Waals surface area contributed by atoms with Crippen LogP contribution in [0.1, 0.15) is 47.8 Å². The van der Waals surface area contributed by atoms with Gasteiger partial charge in [-0.25, -0.2) is 13.1 Å². The summed E-state index contributed by atoms with van der Waals surface area (Å²) in [6, 6.07) is 10.4. The van der Waals surface area contributed by atoms with Crippen LogP contribution in [0.2, 0.25) is 0 Å². The van der Waals surface area contributed by atoms with Gasteiger partial charge in [0.05, 0.1) is 11.1 Å². The average molecular weight is 503 g/mol. The van der Waals surface area contributed by atoms with Crippen molar-refractivity contribution in [1.29, 1.82) is 0 Å². The van der Waals surface area contributed by atoms with Gasteiger partial charge in [-0.15, -0.1) is 0 Å². The molecule has 0 saturated carbocycles. The molecule has 0 amide bonds. The minimum Gasteiger partial charge on any atom is -0.358 e. The van der Waals surface area contributed by atoms with Crippen molar-refractivity contribution in [2.24, 2.45) is 7.05 Å². The summed E-state index contributed by atoms with van der Waals surface area (Å²) in [6.45, 7) is 7.18. The molecule has 0 spiro atoms. The van der Waals surface area contributed by atoms with Crippen molar-refractivity contribution < 1.29 is 25.8 Å². The first-order valence-electron chi connectivity index (χ1n) is 10.3. The Hall–Kier alpha value is -3.24. The predicted molar refractivity (Wildman–Crippen MR) is 129 cm³/mol. The minimum absolute atomic E-state index is 0.0574. The maximum Gasteiger partial charge on any atom is 0.340 e. The van der Waals surface area contributed by atoms with E-state index in [9.17, 15) is 21.6 Å².